The van der Waals surface area contributed by atoms with Gasteiger partial charge in [-0.15, -0.1) is 0 Å². The van der Waals surface area contributed by atoms with Gasteiger partial charge in [-0.1, -0.05) is 30.3 Å². The Bertz CT molecular complexity index is 676. The van der Waals surface area contributed by atoms with Gasteiger partial charge < -0.3 is 9.64 Å². The molecule has 0 saturated heterocycles. The second-order valence-electron chi connectivity index (χ2n) is 4.79. The molecule has 108 valence electrons. The van der Waals surface area contributed by atoms with E-state index in [1.54, 1.807) is 0 Å². The average Bonchev–Trinajstić information content (AvgIpc) is 2.49. The predicted molar refractivity (Wildman–Crippen MR) is 76.0 cm³/mol. The van der Waals surface area contributed by atoms with Gasteiger partial charge >= 0.3 is 0 Å². The van der Waals surface area contributed by atoms with Gasteiger partial charge in [0.25, 0.3) is 5.69 Å². The first kappa shape index (κ1) is 13.4. The van der Waals surface area contributed by atoms with Gasteiger partial charge in [-0.2, -0.15) is 0 Å². The lowest BCUT2D eigenvalue weighted by molar-refractivity contribution is -0.385. The number of hydrogen-bond acceptors (Lipinski definition) is 4. The molecular formula is C15H13FN2O3. The number of nitrogens with zero attached hydrogens (tertiary/aromatic N) is 2. The maximum absolute atomic E-state index is 13.9. The minimum absolute atomic E-state index is 0.0859. The molecule has 0 N–H and O–H groups in total. The quantitative estimate of drug-likeness (QED) is 0.643. The van der Waals surface area contributed by atoms with Crippen LogP contribution in [0.25, 0.3) is 0 Å². The van der Waals surface area contributed by atoms with E-state index in [0.29, 0.717) is 25.4 Å². The molecule has 6 heteroatoms. The second-order valence-corrected chi connectivity index (χ2v) is 4.79. The largest absolute Gasteiger partial charge is 0.486 e. The van der Waals surface area contributed by atoms with Crippen LogP contribution in [-0.2, 0) is 6.54 Å². The molecule has 0 aliphatic carbocycles. The number of fused-ring (bicyclic) bond motifs is 1. The van der Waals surface area contributed by atoms with E-state index in [2.05, 4.69) is 0 Å². The molecular weight excluding hydrogens is 275 g/mol. The Hall–Kier alpha value is -2.63. The zero-order valence-corrected chi connectivity index (χ0v) is 11.2. The molecule has 0 fully saturated rings. The molecule has 21 heavy (non-hydrogen) atoms. The first-order valence-corrected chi connectivity index (χ1v) is 6.55. The van der Waals surface area contributed by atoms with Crippen LogP contribution in [0.3, 0.4) is 0 Å². The molecule has 0 aromatic heterocycles. The van der Waals surface area contributed by atoms with Crippen LogP contribution in [-0.4, -0.2) is 18.1 Å². The summed E-state index contributed by atoms with van der Waals surface area (Å²) in [6.07, 6.45) is 0. The lowest BCUT2D eigenvalue weighted by Crippen LogP contribution is -2.32. The van der Waals surface area contributed by atoms with Gasteiger partial charge in [-0.05, 0) is 5.56 Å². The zero-order chi connectivity index (χ0) is 14.8. The average molecular weight is 288 g/mol. The molecule has 3 rings (SSSR count). The van der Waals surface area contributed by atoms with Crippen molar-refractivity contribution in [1.29, 1.82) is 0 Å². The smallest absolute Gasteiger partial charge is 0.274 e. The topological polar surface area (TPSA) is 55.6 Å². The summed E-state index contributed by atoms with van der Waals surface area (Å²) >= 11 is 0. The van der Waals surface area contributed by atoms with E-state index < -0.39 is 10.7 Å². The predicted octanol–water partition coefficient (Wildman–Crippen LogP) is 3.13. The first-order chi connectivity index (χ1) is 10.1. The summed E-state index contributed by atoms with van der Waals surface area (Å²) in [5.74, 6) is -0.611. The molecule has 2 aromatic rings. The highest BCUT2D eigenvalue weighted by molar-refractivity contribution is 5.65. The Labute approximate surface area is 120 Å². The van der Waals surface area contributed by atoms with Crippen LogP contribution in [0.2, 0.25) is 0 Å². The molecule has 1 aliphatic heterocycles. The monoisotopic (exact) mass is 288 g/mol. The van der Waals surface area contributed by atoms with E-state index in [1.165, 1.54) is 6.07 Å². The van der Waals surface area contributed by atoms with Gasteiger partial charge in [0.05, 0.1) is 23.2 Å². The van der Waals surface area contributed by atoms with Gasteiger partial charge in [0.1, 0.15) is 6.61 Å². The van der Waals surface area contributed by atoms with Crippen LogP contribution in [0.15, 0.2) is 42.5 Å². The van der Waals surface area contributed by atoms with Crippen molar-refractivity contribution in [1.82, 2.24) is 0 Å². The van der Waals surface area contributed by atoms with Crippen molar-refractivity contribution in [2.75, 3.05) is 18.1 Å². The molecule has 2 aromatic carbocycles. The number of benzene rings is 2. The van der Waals surface area contributed by atoms with Gasteiger partial charge in [-0.25, -0.2) is 4.39 Å². The first-order valence-electron chi connectivity index (χ1n) is 6.55. The molecule has 0 bridgehead atoms. The van der Waals surface area contributed by atoms with Gasteiger partial charge in [0.15, 0.2) is 11.6 Å². The molecule has 0 atom stereocenters. The van der Waals surface area contributed by atoms with Crippen molar-refractivity contribution in [2.24, 2.45) is 0 Å². The Morgan fingerprint density at radius 1 is 1.29 bits per heavy atom. The Kier molecular flexibility index (Phi) is 3.43. The number of ether oxygens (including phenoxy) is 1. The third-order valence-corrected chi connectivity index (χ3v) is 3.38. The third-order valence-electron chi connectivity index (χ3n) is 3.38. The van der Waals surface area contributed by atoms with E-state index in [0.717, 1.165) is 11.6 Å². The van der Waals surface area contributed by atoms with E-state index in [9.17, 15) is 14.5 Å². The summed E-state index contributed by atoms with van der Waals surface area (Å²) in [4.78, 5) is 12.2. The molecule has 0 spiro atoms. The van der Waals surface area contributed by atoms with E-state index in [4.69, 9.17) is 4.74 Å². The SMILES string of the molecule is O=[N+]([O-])c1cc(F)c2c(c1)N(Cc1ccccc1)CCO2. The highest BCUT2D eigenvalue weighted by atomic mass is 19.1. The molecule has 1 heterocycles. The number of nitro benzene ring substituents is 1. The summed E-state index contributed by atoms with van der Waals surface area (Å²) in [5.41, 5.74) is 1.21. The summed E-state index contributed by atoms with van der Waals surface area (Å²) in [6, 6.07) is 11.9. The van der Waals surface area contributed by atoms with Crippen molar-refractivity contribution in [3.05, 3.63) is 64.0 Å². The van der Waals surface area contributed by atoms with Gasteiger partial charge in [0.2, 0.25) is 0 Å². The van der Waals surface area contributed by atoms with Crippen molar-refractivity contribution in [3.8, 4) is 5.75 Å². The van der Waals surface area contributed by atoms with E-state index >= 15 is 0 Å². The Balaban J connectivity index is 1.98. The van der Waals surface area contributed by atoms with Crippen LogP contribution in [0.1, 0.15) is 5.56 Å². The van der Waals surface area contributed by atoms with Crippen LogP contribution < -0.4 is 9.64 Å². The number of hydrogen-bond donors (Lipinski definition) is 0. The summed E-state index contributed by atoms with van der Waals surface area (Å²) in [6.45, 7) is 1.47. The van der Waals surface area contributed by atoms with Gasteiger partial charge in [-0.3, -0.25) is 10.1 Å². The second kappa shape index (κ2) is 5.40. The number of non-ortho nitro benzene ring substituents is 1. The number of rotatable bonds is 3. The molecule has 0 radical (unpaired) electrons. The van der Waals surface area contributed by atoms with Crippen LogP contribution in [0.5, 0.6) is 5.75 Å². The lowest BCUT2D eigenvalue weighted by atomic mass is 10.1. The fourth-order valence-corrected chi connectivity index (χ4v) is 2.39. The van der Waals surface area contributed by atoms with Crippen molar-refractivity contribution in [3.63, 3.8) is 0 Å². The van der Waals surface area contributed by atoms with E-state index in [1.807, 2.05) is 35.2 Å². The summed E-state index contributed by atoms with van der Waals surface area (Å²) in [5, 5.41) is 10.9. The van der Waals surface area contributed by atoms with Crippen molar-refractivity contribution in [2.45, 2.75) is 6.54 Å². The highest BCUT2D eigenvalue weighted by Gasteiger charge is 2.25. The van der Waals surface area contributed by atoms with E-state index in [-0.39, 0.29) is 11.4 Å². The standard InChI is InChI=1S/C15H13FN2O3/c16-13-8-12(18(19)20)9-14-15(13)21-7-6-17(14)10-11-4-2-1-3-5-11/h1-5,8-9H,6-7,10H2. The number of halogens is 1. The number of nitro groups is 1. The van der Waals surface area contributed by atoms with Gasteiger partial charge in [0, 0.05) is 12.6 Å². The Morgan fingerprint density at radius 2 is 2.05 bits per heavy atom. The number of anilines is 1. The zero-order valence-electron chi connectivity index (χ0n) is 11.2. The van der Waals surface area contributed by atoms with Crippen LogP contribution in [0.4, 0.5) is 15.8 Å². The van der Waals surface area contributed by atoms with Crippen LogP contribution in [0, 0.1) is 15.9 Å². The minimum Gasteiger partial charge on any atom is -0.486 e. The molecule has 0 unspecified atom stereocenters. The summed E-state index contributed by atoms with van der Waals surface area (Å²) in [7, 11) is 0. The molecule has 0 amide bonds. The van der Waals surface area contributed by atoms with Crippen LogP contribution >= 0.6 is 0 Å². The maximum Gasteiger partial charge on any atom is 0.274 e. The highest BCUT2D eigenvalue weighted by Crippen LogP contribution is 2.38. The fourth-order valence-electron chi connectivity index (χ4n) is 2.39. The van der Waals surface area contributed by atoms with Crippen molar-refractivity contribution >= 4 is 11.4 Å². The molecule has 0 saturated carbocycles. The third kappa shape index (κ3) is 2.65. The maximum atomic E-state index is 13.9. The molecule has 5 nitrogen and oxygen atoms in total. The lowest BCUT2D eigenvalue weighted by Gasteiger charge is -2.31. The minimum atomic E-state index is -0.697. The normalized spacial score (nSPS) is 13.5. The Morgan fingerprint density at radius 3 is 2.76 bits per heavy atom. The summed E-state index contributed by atoms with van der Waals surface area (Å²) < 4.78 is 19.3. The molecule has 1 aliphatic rings. The van der Waals surface area contributed by atoms with Crippen molar-refractivity contribution < 1.29 is 14.1 Å². The fraction of sp³-hybridized carbons (Fsp3) is 0.200.